The van der Waals surface area contributed by atoms with Crippen LogP contribution in [0.2, 0.25) is 0 Å². The molecule has 0 saturated carbocycles. The number of nitrogens with one attached hydrogen (secondary N) is 1. The number of rotatable bonds is 9. The average molecular weight is 266 g/mol. The zero-order chi connectivity index (χ0) is 13.2. The van der Waals surface area contributed by atoms with E-state index in [0.717, 1.165) is 5.92 Å². The molecule has 0 aromatic heterocycles. The first-order chi connectivity index (χ1) is 9.45. The van der Waals surface area contributed by atoms with Crippen molar-refractivity contribution in [1.82, 2.24) is 10.2 Å². The van der Waals surface area contributed by atoms with E-state index in [2.05, 4.69) is 10.2 Å². The Hall–Kier alpha value is -0.0800. The van der Waals surface area contributed by atoms with Crippen molar-refractivity contribution in [1.29, 1.82) is 0 Å². The molecule has 0 aromatic rings. The molecule has 2 heterocycles. The molecule has 0 aromatic carbocycles. The molecular weight excluding hydrogens is 232 g/mol. The molecule has 0 unspecified atom stereocenters. The van der Waals surface area contributed by atoms with Crippen LogP contribution in [0.15, 0.2) is 0 Å². The highest BCUT2D eigenvalue weighted by Gasteiger charge is 2.12. The first-order valence-corrected chi connectivity index (χ1v) is 8.88. The molecule has 112 valence electrons. The van der Waals surface area contributed by atoms with Gasteiger partial charge in [0.05, 0.1) is 0 Å². The Morgan fingerprint density at radius 2 is 1.42 bits per heavy atom. The van der Waals surface area contributed by atoms with Gasteiger partial charge in [-0.15, -0.1) is 0 Å². The summed E-state index contributed by atoms with van der Waals surface area (Å²) in [5, 5.41) is 3.46. The minimum atomic E-state index is 1.04. The van der Waals surface area contributed by atoms with Crippen LogP contribution in [0.3, 0.4) is 0 Å². The van der Waals surface area contributed by atoms with E-state index in [1.807, 2.05) is 0 Å². The summed E-state index contributed by atoms with van der Waals surface area (Å²) in [6.45, 7) is 6.64. The molecule has 0 bridgehead atoms. The molecular formula is C17H34N2. The van der Waals surface area contributed by atoms with Gasteiger partial charge < -0.3 is 10.2 Å². The maximum atomic E-state index is 3.46. The van der Waals surface area contributed by atoms with Crippen molar-refractivity contribution in [2.75, 3.05) is 32.7 Å². The van der Waals surface area contributed by atoms with Crippen LogP contribution in [0.4, 0.5) is 0 Å². The molecule has 2 nitrogen and oxygen atoms in total. The first-order valence-electron chi connectivity index (χ1n) is 8.88. The second-order valence-corrected chi connectivity index (χ2v) is 6.65. The van der Waals surface area contributed by atoms with Gasteiger partial charge in [-0.2, -0.15) is 0 Å². The summed E-state index contributed by atoms with van der Waals surface area (Å²) in [5.41, 5.74) is 0. The van der Waals surface area contributed by atoms with Crippen molar-refractivity contribution in [3.05, 3.63) is 0 Å². The molecule has 2 aliphatic rings. The molecule has 0 atom stereocenters. The monoisotopic (exact) mass is 266 g/mol. The highest BCUT2D eigenvalue weighted by Crippen LogP contribution is 2.20. The highest BCUT2D eigenvalue weighted by molar-refractivity contribution is 4.68. The molecule has 2 aliphatic heterocycles. The molecule has 2 fully saturated rings. The van der Waals surface area contributed by atoms with Gasteiger partial charge in [-0.3, -0.25) is 0 Å². The van der Waals surface area contributed by atoms with Gasteiger partial charge in [0.1, 0.15) is 0 Å². The van der Waals surface area contributed by atoms with Crippen molar-refractivity contribution in [3.63, 3.8) is 0 Å². The van der Waals surface area contributed by atoms with Crippen LogP contribution in [0.25, 0.3) is 0 Å². The van der Waals surface area contributed by atoms with Crippen LogP contribution in [0, 0.1) is 5.92 Å². The zero-order valence-electron chi connectivity index (χ0n) is 12.8. The lowest BCUT2D eigenvalue weighted by Gasteiger charge is -2.22. The Labute approximate surface area is 120 Å². The summed E-state index contributed by atoms with van der Waals surface area (Å²) < 4.78 is 0. The van der Waals surface area contributed by atoms with E-state index in [9.17, 15) is 0 Å². The molecule has 0 radical (unpaired) electrons. The number of nitrogens with zero attached hydrogens (tertiary/aromatic N) is 1. The lowest BCUT2D eigenvalue weighted by molar-refractivity contribution is 0.325. The number of hydrogen-bond acceptors (Lipinski definition) is 2. The summed E-state index contributed by atoms with van der Waals surface area (Å²) in [7, 11) is 0. The third-order valence-electron chi connectivity index (χ3n) is 4.99. The van der Waals surface area contributed by atoms with Crippen molar-refractivity contribution < 1.29 is 0 Å². The molecule has 19 heavy (non-hydrogen) atoms. The van der Waals surface area contributed by atoms with Gasteiger partial charge in [0, 0.05) is 0 Å². The van der Waals surface area contributed by atoms with Gasteiger partial charge in [-0.1, -0.05) is 38.5 Å². The van der Waals surface area contributed by atoms with Crippen molar-refractivity contribution in [2.45, 2.75) is 70.6 Å². The van der Waals surface area contributed by atoms with Crippen LogP contribution in [0.5, 0.6) is 0 Å². The number of piperidine rings is 1. The Morgan fingerprint density at radius 1 is 0.789 bits per heavy atom. The Kier molecular flexibility index (Phi) is 7.87. The van der Waals surface area contributed by atoms with Crippen LogP contribution >= 0.6 is 0 Å². The van der Waals surface area contributed by atoms with E-state index in [-0.39, 0.29) is 0 Å². The lowest BCUT2D eigenvalue weighted by atomic mass is 9.92. The minimum Gasteiger partial charge on any atom is -0.317 e. The van der Waals surface area contributed by atoms with Gasteiger partial charge in [-0.05, 0) is 70.7 Å². The molecule has 0 spiro atoms. The Bertz CT molecular complexity index is 205. The van der Waals surface area contributed by atoms with Gasteiger partial charge in [-0.25, -0.2) is 0 Å². The summed E-state index contributed by atoms with van der Waals surface area (Å²) in [5.74, 6) is 1.04. The Balaban J connectivity index is 1.32. The fraction of sp³-hybridized carbons (Fsp3) is 1.00. The number of likely N-dealkylation sites (tertiary alicyclic amines) is 1. The van der Waals surface area contributed by atoms with Crippen molar-refractivity contribution in [3.8, 4) is 0 Å². The van der Waals surface area contributed by atoms with Gasteiger partial charge in [0.25, 0.3) is 0 Å². The number of unbranched alkanes of at least 4 members (excludes halogenated alkanes) is 5. The quantitative estimate of drug-likeness (QED) is 0.638. The molecule has 2 saturated heterocycles. The SMILES string of the molecule is C(CCCCN1CCCC1)CCCC1CCNCC1. The molecule has 0 amide bonds. The van der Waals surface area contributed by atoms with Crippen molar-refractivity contribution in [2.24, 2.45) is 5.92 Å². The second kappa shape index (κ2) is 9.77. The second-order valence-electron chi connectivity index (χ2n) is 6.65. The normalized spacial score (nSPS) is 22.1. The van der Waals surface area contributed by atoms with Crippen LogP contribution in [-0.4, -0.2) is 37.6 Å². The topological polar surface area (TPSA) is 15.3 Å². The first kappa shape index (κ1) is 15.3. The van der Waals surface area contributed by atoms with Crippen LogP contribution in [0.1, 0.15) is 70.6 Å². The van der Waals surface area contributed by atoms with Gasteiger partial charge in [0.15, 0.2) is 0 Å². The van der Waals surface area contributed by atoms with Gasteiger partial charge in [0.2, 0.25) is 0 Å². The molecule has 0 aliphatic carbocycles. The molecule has 1 N–H and O–H groups in total. The van der Waals surface area contributed by atoms with E-state index in [1.54, 1.807) is 0 Å². The molecule has 2 heteroatoms. The third kappa shape index (κ3) is 6.76. The van der Waals surface area contributed by atoms with Crippen molar-refractivity contribution >= 4 is 0 Å². The van der Waals surface area contributed by atoms with E-state index < -0.39 is 0 Å². The van der Waals surface area contributed by atoms with Crippen LogP contribution in [-0.2, 0) is 0 Å². The predicted octanol–water partition coefficient (Wildman–Crippen LogP) is 3.81. The highest BCUT2D eigenvalue weighted by atomic mass is 15.1. The van der Waals surface area contributed by atoms with E-state index in [1.165, 1.54) is 103 Å². The fourth-order valence-corrected chi connectivity index (χ4v) is 3.65. The smallest absolute Gasteiger partial charge is 0.00183 e. The fourth-order valence-electron chi connectivity index (χ4n) is 3.65. The van der Waals surface area contributed by atoms with Crippen LogP contribution < -0.4 is 5.32 Å². The van der Waals surface area contributed by atoms with E-state index in [0.29, 0.717) is 0 Å². The standard InChI is InChI=1S/C17H34N2/c1(2-4-6-14-19-15-7-8-16-19)3-5-9-17-10-12-18-13-11-17/h17-18H,1-16H2. The van der Waals surface area contributed by atoms with E-state index >= 15 is 0 Å². The summed E-state index contributed by atoms with van der Waals surface area (Å²) >= 11 is 0. The third-order valence-corrected chi connectivity index (χ3v) is 4.99. The summed E-state index contributed by atoms with van der Waals surface area (Å²) in [6.07, 6.45) is 16.0. The maximum absolute atomic E-state index is 3.46. The average Bonchev–Trinajstić information content (AvgIpc) is 2.96. The Morgan fingerprint density at radius 3 is 2.16 bits per heavy atom. The minimum absolute atomic E-state index is 1.04. The lowest BCUT2D eigenvalue weighted by Crippen LogP contribution is -2.27. The maximum Gasteiger partial charge on any atom is -0.00183 e. The van der Waals surface area contributed by atoms with E-state index in [4.69, 9.17) is 0 Å². The molecule has 2 rings (SSSR count). The number of hydrogen-bond donors (Lipinski definition) is 1. The predicted molar refractivity (Wildman–Crippen MR) is 83.6 cm³/mol. The van der Waals surface area contributed by atoms with Gasteiger partial charge >= 0.3 is 0 Å². The largest absolute Gasteiger partial charge is 0.317 e. The summed E-state index contributed by atoms with van der Waals surface area (Å²) in [6, 6.07) is 0. The zero-order valence-corrected chi connectivity index (χ0v) is 12.8. The summed E-state index contributed by atoms with van der Waals surface area (Å²) in [4.78, 5) is 2.65.